The zero-order valence-electron chi connectivity index (χ0n) is 23.1. The first-order valence-corrected chi connectivity index (χ1v) is 12.8. The van der Waals surface area contributed by atoms with E-state index in [-0.39, 0.29) is 0 Å². The maximum absolute atomic E-state index is 10.3. The van der Waals surface area contributed by atoms with E-state index in [0.717, 1.165) is 66.6 Å². The molecule has 1 aromatic carbocycles. The Morgan fingerprint density at radius 2 is 1.76 bits per heavy atom. The number of piperidine rings is 1. The molecule has 1 saturated heterocycles. The van der Waals surface area contributed by atoms with Crippen LogP contribution in [0.5, 0.6) is 11.5 Å². The van der Waals surface area contributed by atoms with Crippen molar-refractivity contribution in [2.24, 2.45) is 0 Å². The van der Waals surface area contributed by atoms with Crippen LogP contribution in [0.3, 0.4) is 0 Å². The van der Waals surface area contributed by atoms with Gasteiger partial charge in [0.2, 0.25) is 0 Å². The number of aliphatic carboxylic acids is 3. The lowest BCUT2D eigenvalue weighted by Crippen LogP contribution is -2.42. The van der Waals surface area contributed by atoms with E-state index < -0.39 is 36.4 Å². The first kappa shape index (κ1) is 31.1. The minimum atomic E-state index is -2.74. The Morgan fingerprint density at radius 3 is 2.34 bits per heavy atom. The van der Waals surface area contributed by atoms with Crippen molar-refractivity contribution in [1.29, 1.82) is 0 Å². The van der Waals surface area contributed by atoms with Gasteiger partial charge in [0, 0.05) is 36.7 Å². The highest BCUT2D eigenvalue weighted by Gasteiger charge is 2.40. The molecular weight excluding hydrogens is 538 g/mol. The van der Waals surface area contributed by atoms with Crippen LogP contribution in [-0.2, 0) is 20.9 Å². The molecule has 0 saturated carbocycles. The fourth-order valence-corrected chi connectivity index (χ4v) is 4.74. The van der Waals surface area contributed by atoms with Crippen LogP contribution < -0.4 is 15.2 Å². The van der Waals surface area contributed by atoms with Crippen molar-refractivity contribution in [3.8, 4) is 11.5 Å². The molecule has 0 radical (unpaired) electrons. The van der Waals surface area contributed by atoms with Crippen LogP contribution in [0.25, 0.3) is 5.65 Å². The molecule has 1 atom stereocenters. The normalized spacial score (nSPS) is 15.6. The Hall–Kier alpha value is -4.43. The minimum Gasteiger partial charge on any atom is -0.497 e. The summed E-state index contributed by atoms with van der Waals surface area (Å²) in [5.74, 6) is -2.29. The molecule has 41 heavy (non-hydrogen) atoms. The van der Waals surface area contributed by atoms with Gasteiger partial charge in [-0.2, -0.15) is 9.61 Å². The summed E-state index contributed by atoms with van der Waals surface area (Å²) in [5, 5.41) is 38.2. The molecule has 0 aliphatic carbocycles. The van der Waals surface area contributed by atoms with Crippen molar-refractivity contribution < 1.29 is 44.3 Å². The number of likely N-dealkylation sites (tertiary alicyclic amines) is 1. The fourth-order valence-electron chi connectivity index (χ4n) is 4.74. The van der Waals surface area contributed by atoms with E-state index in [9.17, 15) is 14.4 Å². The van der Waals surface area contributed by atoms with Crippen LogP contribution in [0.2, 0.25) is 0 Å². The number of hydrogen-bond donors (Lipinski definition) is 5. The third-order valence-electron chi connectivity index (χ3n) is 6.69. The quantitative estimate of drug-likeness (QED) is 0.234. The molecule has 6 N–H and O–H groups in total. The van der Waals surface area contributed by atoms with Gasteiger partial charge >= 0.3 is 17.9 Å². The molecule has 0 spiro atoms. The number of rotatable bonds is 10. The summed E-state index contributed by atoms with van der Waals surface area (Å²) in [5.41, 5.74) is 7.41. The summed E-state index contributed by atoms with van der Waals surface area (Å²) in [6.45, 7) is 4.77. The number of carbonyl (C=O) groups is 3. The molecule has 2 aromatic heterocycles. The molecular formula is C27H35N5O9. The van der Waals surface area contributed by atoms with E-state index in [2.05, 4.69) is 16.1 Å². The summed E-state index contributed by atoms with van der Waals surface area (Å²) in [7, 11) is 3.40. The van der Waals surface area contributed by atoms with Crippen molar-refractivity contribution in [3.63, 3.8) is 0 Å². The number of ether oxygens (including phenoxy) is 2. The van der Waals surface area contributed by atoms with E-state index in [1.807, 2.05) is 31.2 Å². The number of carboxylic acids is 3. The Labute approximate surface area is 235 Å². The smallest absolute Gasteiger partial charge is 0.336 e. The molecule has 0 bridgehead atoms. The molecule has 14 heteroatoms. The van der Waals surface area contributed by atoms with E-state index in [1.54, 1.807) is 18.7 Å². The van der Waals surface area contributed by atoms with Gasteiger partial charge in [0.05, 0.1) is 38.4 Å². The minimum absolute atomic E-state index is 0.354. The predicted octanol–water partition coefficient (Wildman–Crippen LogP) is 1.77. The second kappa shape index (κ2) is 13.3. The number of aryl methyl sites for hydroxylation is 1. The second-order valence-electron chi connectivity index (χ2n) is 9.89. The molecule has 222 valence electrons. The molecule has 4 rings (SSSR count). The van der Waals surface area contributed by atoms with Crippen molar-refractivity contribution >= 4 is 29.4 Å². The van der Waals surface area contributed by atoms with Crippen molar-refractivity contribution in [3.05, 3.63) is 47.3 Å². The maximum atomic E-state index is 10.3. The fraction of sp³-hybridized carbons (Fsp3) is 0.444. The van der Waals surface area contributed by atoms with Crippen LogP contribution >= 0.6 is 0 Å². The Kier molecular flexibility index (Phi) is 10.1. The van der Waals surface area contributed by atoms with Gasteiger partial charge in [0.15, 0.2) is 11.2 Å². The van der Waals surface area contributed by atoms with E-state index in [4.69, 9.17) is 40.6 Å². The molecule has 14 nitrogen and oxygen atoms in total. The van der Waals surface area contributed by atoms with Gasteiger partial charge in [-0.25, -0.2) is 9.78 Å². The van der Waals surface area contributed by atoms with Crippen LogP contribution in [0.15, 0.2) is 30.3 Å². The summed E-state index contributed by atoms with van der Waals surface area (Å²) in [6.07, 6.45) is -0.0489. The first-order valence-electron chi connectivity index (χ1n) is 12.8. The second-order valence-corrected chi connectivity index (χ2v) is 9.89. The molecule has 1 aliphatic rings. The monoisotopic (exact) mass is 573 g/mol. The number of nitrogens with two attached hydrogens (primary N) is 1. The SMILES string of the molecule is COc1ccc(OC)c(CN2CCCC(c3cc(N)n4nc(C)cc4n3)C2)c1.O=C(O)CC(O)(CC(=O)O)C(=O)O. The van der Waals surface area contributed by atoms with Gasteiger partial charge in [0.25, 0.3) is 0 Å². The number of methoxy groups -OCH3 is 2. The molecule has 1 fully saturated rings. The maximum Gasteiger partial charge on any atom is 0.336 e. The van der Waals surface area contributed by atoms with Crippen molar-refractivity contribution in [1.82, 2.24) is 19.5 Å². The average Bonchev–Trinajstić information content (AvgIpc) is 3.29. The van der Waals surface area contributed by atoms with E-state index in [0.29, 0.717) is 11.7 Å². The summed E-state index contributed by atoms with van der Waals surface area (Å²) < 4.78 is 12.6. The number of nitrogens with zero attached hydrogens (tertiary/aromatic N) is 4. The van der Waals surface area contributed by atoms with E-state index >= 15 is 0 Å². The molecule has 0 amide bonds. The Bertz CT molecular complexity index is 1390. The lowest BCUT2D eigenvalue weighted by molar-refractivity contribution is -0.170. The number of nitrogen functional groups attached to an aromatic ring is 1. The number of aromatic nitrogens is 3. The lowest BCUT2D eigenvalue weighted by Gasteiger charge is -2.33. The van der Waals surface area contributed by atoms with Crippen LogP contribution in [0, 0.1) is 6.92 Å². The zero-order chi connectivity index (χ0) is 30.3. The number of benzene rings is 1. The topological polar surface area (TPSA) is 210 Å². The average molecular weight is 574 g/mol. The van der Waals surface area contributed by atoms with Crippen molar-refractivity contribution in [2.75, 3.05) is 33.0 Å². The largest absolute Gasteiger partial charge is 0.497 e. The van der Waals surface area contributed by atoms with Gasteiger partial charge in [-0.15, -0.1) is 0 Å². The van der Waals surface area contributed by atoms with Gasteiger partial charge in [-0.3, -0.25) is 14.5 Å². The third-order valence-corrected chi connectivity index (χ3v) is 6.69. The Balaban J connectivity index is 0.000000302. The molecule has 3 heterocycles. The van der Waals surface area contributed by atoms with Crippen LogP contribution in [-0.4, -0.2) is 90.7 Å². The number of hydrogen-bond acceptors (Lipinski definition) is 10. The van der Waals surface area contributed by atoms with E-state index in [1.165, 1.54) is 0 Å². The number of fused-ring (bicyclic) bond motifs is 1. The predicted molar refractivity (Wildman–Crippen MR) is 146 cm³/mol. The standard InChI is InChI=1S/C21H27N5O2.C6H8O7/c1-14-9-21-23-18(11-20(22)26(21)24-14)15-5-4-8-25(12-15)13-16-10-17(27-2)6-7-19(16)28-3;7-3(8)1-6(13,5(11)12)2-4(9)10/h6-7,9-11,15H,4-5,8,12-13,22H2,1-3H3;13H,1-2H2,(H,7,8)(H,9,10)(H,11,12). The van der Waals surface area contributed by atoms with Gasteiger partial charge in [-0.05, 0) is 44.5 Å². The zero-order valence-corrected chi connectivity index (χ0v) is 23.1. The highest BCUT2D eigenvalue weighted by atomic mass is 16.5. The molecule has 1 aliphatic heterocycles. The molecule has 3 aromatic rings. The van der Waals surface area contributed by atoms with Gasteiger partial charge < -0.3 is 35.6 Å². The first-order chi connectivity index (χ1) is 19.3. The van der Waals surface area contributed by atoms with Gasteiger partial charge in [-0.1, -0.05) is 0 Å². The Morgan fingerprint density at radius 1 is 1.07 bits per heavy atom. The highest BCUT2D eigenvalue weighted by Crippen LogP contribution is 2.31. The van der Waals surface area contributed by atoms with Crippen molar-refractivity contribution in [2.45, 2.75) is 50.7 Å². The lowest BCUT2D eigenvalue weighted by atomic mass is 9.94. The summed E-state index contributed by atoms with van der Waals surface area (Å²) in [4.78, 5) is 37.8. The number of aliphatic hydroxyl groups is 1. The number of anilines is 1. The third kappa shape index (κ3) is 8.05. The van der Waals surface area contributed by atoms with Crippen LogP contribution in [0.4, 0.5) is 5.82 Å². The molecule has 1 unspecified atom stereocenters. The van der Waals surface area contributed by atoms with Gasteiger partial charge in [0.1, 0.15) is 17.3 Å². The summed E-state index contributed by atoms with van der Waals surface area (Å²) in [6, 6.07) is 9.89. The summed E-state index contributed by atoms with van der Waals surface area (Å²) >= 11 is 0. The van der Waals surface area contributed by atoms with Crippen LogP contribution in [0.1, 0.15) is 48.6 Å². The highest BCUT2D eigenvalue weighted by molar-refractivity contribution is 5.88. The number of carboxylic acid groups (broad SMARTS) is 3.